The maximum Gasteiger partial charge on any atom is 0.227 e. The van der Waals surface area contributed by atoms with Gasteiger partial charge in [-0.15, -0.1) is 0 Å². The van der Waals surface area contributed by atoms with Gasteiger partial charge in [-0.25, -0.2) is 17.6 Å². The van der Waals surface area contributed by atoms with E-state index in [4.69, 9.17) is 0 Å². The van der Waals surface area contributed by atoms with Crippen molar-refractivity contribution in [1.82, 2.24) is 5.32 Å². The van der Waals surface area contributed by atoms with Crippen molar-refractivity contribution in [3.63, 3.8) is 0 Å². The number of benzene rings is 2. The van der Waals surface area contributed by atoms with Crippen LogP contribution < -0.4 is 10.2 Å². The summed E-state index contributed by atoms with van der Waals surface area (Å²) in [4.78, 5) is 25.7. The summed E-state index contributed by atoms with van der Waals surface area (Å²) in [5.74, 6) is -4.87. The van der Waals surface area contributed by atoms with Gasteiger partial charge in [0.1, 0.15) is 23.3 Å². The molecule has 4 nitrogen and oxygen atoms in total. The molecule has 8 heteroatoms. The molecule has 0 spiro atoms. The van der Waals surface area contributed by atoms with Crippen LogP contribution in [-0.4, -0.2) is 18.4 Å². The zero-order chi connectivity index (χ0) is 19.7. The quantitative estimate of drug-likeness (QED) is 0.826. The Morgan fingerprint density at radius 3 is 2.37 bits per heavy atom. The minimum Gasteiger partial charge on any atom is -0.349 e. The number of amides is 2. The van der Waals surface area contributed by atoms with E-state index in [-0.39, 0.29) is 24.2 Å². The molecule has 2 atom stereocenters. The van der Waals surface area contributed by atoms with Gasteiger partial charge in [-0.05, 0) is 25.1 Å². The summed E-state index contributed by atoms with van der Waals surface area (Å²) in [5, 5.41) is 2.59. The fraction of sp³-hybridized carbons (Fsp3) is 0.263. The monoisotopic (exact) mass is 380 g/mol. The zero-order valence-electron chi connectivity index (χ0n) is 14.3. The van der Waals surface area contributed by atoms with Crippen molar-refractivity contribution in [3.8, 4) is 0 Å². The van der Waals surface area contributed by atoms with Crippen molar-refractivity contribution in [1.29, 1.82) is 0 Å². The number of hydrogen-bond acceptors (Lipinski definition) is 2. The van der Waals surface area contributed by atoms with Gasteiger partial charge in [-0.2, -0.15) is 0 Å². The molecular weight excluding hydrogens is 364 g/mol. The smallest absolute Gasteiger partial charge is 0.227 e. The van der Waals surface area contributed by atoms with Crippen molar-refractivity contribution in [2.24, 2.45) is 5.92 Å². The molecule has 2 aromatic rings. The largest absolute Gasteiger partial charge is 0.349 e. The Kier molecular flexibility index (Phi) is 5.16. The molecule has 142 valence electrons. The normalized spacial score (nSPS) is 17.9. The predicted molar refractivity (Wildman–Crippen MR) is 89.7 cm³/mol. The molecule has 0 bridgehead atoms. The van der Waals surface area contributed by atoms with Crippen molar-refractivity contribution in [2.45, 2.75) is 19.4 Å². The lowest BCUT2D eigenvalue weighted by atomic mass is 10.0. The first-order chi connectivity index (χ1) is 12.7. The first-order valence-electron chi connectivity index (χ1n) is 8.26. The number of hydrogen-bond donors (Lipinski definition) is 1. The highest BCUT2D eigenvalue weighted by Gasteiger charge is 2.36. The Hall–Kier alpha value is -2.90. The molecule has 1 aliphatic rings. The van der Waals surface area contributed by atoms with E-state index >= 15 is 0 Å². The van der Waals surface area contributed by atoms with Crippen molar-refractivity contribution < 1.29 is 27.2 Å². The number of rotatable bonds is 4. The highest BCUT2D eigenvalue weighted by atomic mass is 19.1. The van der Waals surface area contributed by atoms with Gasteiger partial charge in [0, 0.05) is 36.3 Å². The van der Waals surface area contributed by atoms with Crippen LogP contribution in [0.3, 0.4) is 0 Å². The number of nitrogens with zero attached hydrogens (tertiary/aromatic N) is 1. The number of halogens is 4. The highest BCUT2D eigenvalue weighted by molar-refractivity contribution is 6.00. The van der Waals surface area contributed by atoms with Crippen LogP contribution in [0.15, 0.2) is 36.4 Å². The minimum atomic E-state index is -0.828. The second-order valence-corrected chi connectivity index (χ2v) is 6.43. The van der Waals surface area contributed by atoms with E-state index in [1.165, 1.54) is 13.0 Å². The van der Waals surface area contributed by atoms with Crippen molar-refractivity contribution in [2.75, 3.05) is 11.4 Å². The summed E-state index contributed by atoms with van der Waals surface area (Å²) >= 11 is 0. The summed E-state index contributed by atoms with van der Waals surface area (Å²) in [6.07, 6.45) is -0.136. The lowest BCUT2D eigenvalue weighted by Gasteiger charge is -2.19. The molecule has 1 saturated heterocycles. The van der Waals surface area contributed by atoms with Gasteiger partial charge < -0.3 is 10.2 Å². The molecule has 1 aliphatic heterocycles. The topological polar surface area (TPSA) is 49.4 Å². The number of anilines is 1. The van der Waals surface area contributed by atoms with Gasteiger partial charge in [-0.1, -0.05) is 6.07 Å². The van der Waals surface area contributed by atoms with Crippen LogP contribution in [0.5, 0.6) is 0 Å². The molecule has 0 aromatic heterocycles. The van der Waals surface area contributed by atoms with E-state index in [1.54, 1.807) is 0 Å². The van der Waals surface area contributed by atoms with E-state index in [9.17, 15) is 27.2 Å². The van der Waals surface area contributed by atoms with Gasteiger partial charge in [0.05, 0.1) is 12.0 Å². The van der Waals surface area contributed by atoms with Crippen LogP contribution >= 0.6 is 0 Å². The zero-order valence-corrected chi connectivity index (χ0v) is 14.3. The molecule has 1 N–H and O–H groups in total. The van der Waals surface area contributed by atoms with Crippen molar-refractivity contribution in [3.05, 3.63) is 65.2 Å². The Morgan fingerprint density at radius 2 is 1.74 bits per heavy atom. The predicted octanol–water partition coefficient (Wildman–Crippen LogP) is 3.47. The second kappa shape index (κ2) is 7.38. The average molecular weight is 380 g/mol. The fourth-order valence-electron chi connectivity index (χ4n) is 3.09. The molecule has 0 saturated carbocycles. The maximum atomic E-state index is 13.8. The van der Waals surface area contributed by atoms with Gasteiger partial charge in [-0.3, -0.25) is 9.59 Å². The van der Waals surface area contributed by atoms with E-state index in [0.717, 1.165) is 29.2 Å². The Balaban J connectivity index is 1.70. The highest BCUT2D eigenvalue weighted by Crippen LogP contribution is 2.27. The first-order valence-corrected chi connectivity index (χ1v) is 8.26. The lowest BCUT2D eigenvalue weighted by Crippen LogP contribution is -2.35. The molecule has 1 fully saturated rings. The lowest BCUT2D eigenvalue weighted by molar-refractivity contribution is -0.126. The number of carbonyl (C=O) groups excluding carboxylic acids is 2. The molecular formula is C19H16F4N2O2. The molecule has 1 heterocycles. The van der Waals surface area contributed by atoms with Crippen LogP contribution in [0.4, 0.5) is 23.2 Å². The van der Waals surface area contributed by atoms with Gasteiger partial charge in [0.2, 0.25) is 11.8 Å². The molecule has 2 amide bonds. The van der Waals surface area contributed by atoms with E-state index < -0.39 is 47.0 Å². The van der Waals surface area contributed by atoms with E-state index in [2.05, 4.69) is 5.32 Å². The average Bonchev–Trinajstić information content (AvgIpc) is 2.95. The third-order valence-electron chi connectivity index (χ3n) is 4.44. The Bertz CT molecular complexity index is 883. The first kappa shape index (κ1) is 18.9. The van der Waals surface area contributed by atoms with E-state index in [0.29, 0.717) is 6.07 Å². The summed E-state index contributed by atoms with van der Waals surface area (Å²) < 4.78 is 53.6. The van der Waals surface area contributed by atoms with E-state index in [1.807, 2.05) is 0 Å². The molecule has 27 heavy (non-hydrogen) atoms. The summed E-state index contributed by atoms with van der Waals surface area (Å²) in [5.41, 5.74) is 0.142. The Morgan fingerprint density at radius 1 is 1.07 bits per heavy atom. The summed E-state index contributed by atoms with van der Waals surface area (Å²) in [6.45, 7) is 1.48. The molecule has 2 unspecified atom stereocenters. The third-order valence-corrected chi connectivity index (χ3v) is 4.44. The van der Waals surface area contributed by atoms with Gasteiger partial charge >= 0.3 is 0 Å². The SMILES string of the molecule is CC(NC(=O)C1CC(=O)N(c2cc(F)cc(F)c2)C1)c1ccc(F)cc1F. The van der Waals surface area contributed by atoms with Gasteiger partial charge in [0.15, 0.2) is 0 Å². The summed E-state index contributed by atoms with van der Waals surface area (Å²) in [6, 6.07) is 5.01. The fourth-order valence-corrected chi connectivity index (χ4v) is 3.09. The standard InChI is InChI=1S/C19H16F4N2O2/c1-10(16-3-2-12(20)8-17(16)23)24-19(27)11-4-18(26)25(9-11)15-6-13(21)5-14(22)7-15/h2-3,5-8,10-11H,4,9H2,1H3,(H,24,27). The third kappa shape index (κ3) is 4.10. The van der Waals surface area contributed by atoms with Crippen molar-refractivity contribution >= 4 is 17.5 Å². The van der Waals surface area contributed by atoms with Gasteiger partial charge in [0.25, 0.3) is 0 Å². The number of nitrogens with one attached hydrogen (secondary N) is 1. The van der Waals surface area contributed by atoms with Crippen LogP contribution in [0.2, 0.25) is 0 Å². The molecule has 0 aliphatic carbocycles. The van der Waals surface area contributed by atoms with Crippen LogP contribution in [0, 0.1) is 29.2 Å². The maximum absolute atomic E-state index is 13.8. The number of carbonyl (C=O) groups is 2. The van der Waals surface area contributed by atoms with Crippen LogP contribution in [0.25, 0.3) is 0 Å². The molecule has 2 aromatic carbocycles. The minimum absolute atomic E-state index is 0.0328. The Labute approximate surface area is 152 Å². The summed E-state index contributed by atoms with van der Waals surface area (Å²) in [7, 11) is 0. The van der Waals surface area contributed by atoms with Crippen LogP contribution in [0.1, 0.15) is 24.9 Å². The second-order valence-electron chi connectivity index (χ2n) is 6.43. The molecule has 0 radical (unpaired) electrons. The molecule has 3 rings (SSSR count). The van der Waals surface area contributed by atoms with Crippen LogP contribution in [-0.2, 0) is 9.59 Å².